The molecule has 2 bridgehead atoms. The molecular formula is C14H11Cl2NO4. The van der Waals surface area contributed by atoms with Gasteiger partial charge >= 0.3 is 5.97 Å². The summed E-state index contributed by atoms with van der Waals surface area (Å²) in [5.41, 5.74) is 0.391. The summed E-state index contributed by atoms with van der Waals surface area (Å²) < 4.78 is 5.46. The first-order valence-corrected chi connectivity index (χ1v) is 7.05. The second-order valence-corrected chi connectivity index (χ2v) is 5.80. The number of fused-ring (bicyclic) bond motifs is 2. The molecule has 0 radical (unpaired) electrons. The highest BCUT2D eigenvalue weighted by atomic mass is 35.5. The minimum atomic E-state index is -1.05. The van der Waals surface area contributed by atoms with Gasteiger partial charge in [0, 0.05) is 5.02 Å². The summed E-state index contributed by atoms with van der Waals surface area (Å²) in [6.45, 7) is 0. The number of carbonyl (C=O) groups excluding carboxylic acids is 1. The fourth-order valence-electron chi connectivity index (χ4n) is 2.72. The van der Waals surface area contributed by atoms with Crippen LogP contribution in [0.15, 0.2) is 30.4 Å². The van der Waals surface area contributed by atoms with Crippen molar-refractivity contribution in [3.63, 3.8) is 0 Å². The van der Waals surface area contributed by atoms with Crippen molar-refractivity contribution in [3.05, 3.63) is 40.4 Å². The standard InChI is InChI=1S/C14H11Cl2NO4/c15-6-1-2-8(7(16)5-6)17-13(18)11-9-3-4-10(21-9)12(11)14(19)20/h1-5,9-12H,(H,17,18)(H,19,20). The van der Waals surface area contributed by atoms with E-state index in [2.05, 4.69) is 5.32 Å². The van der Waals surface area contributed by atoms with Crippen LogP contribution in [0.4, 0.5) is 5.69 Å². The largest absolute Gasteiger partial charge is 0.481 e. The predicted molar refractivity (Wildman–Crippen MR) is 77.5 cm³/mol. The van der Waals surface area contributed by atoms with Crippen LogP contribution in [0.5, 0.6) is 0 Å². The van der Waals surface area contributed by atoms with Crippen molar-refractivity contribution in [3.8, 4) is 0 Å². The van der Waals surface area contributed by atoms with Crippen molar-refractivity contribution in [2.24, 2.45) is 11.8 Å². The maximum atomic E-state index is 12.4. The van der Waals surface area contributed by atoms with Crippen LogP contribution in [0, 0.1) is 11.8 Å². The van der Waals surface area contributed by atoms with Crippen LogP contribution in [0.3, 0.4) is 0 Å². The molecule has 1 aromatic carbocycles. The summed E-state index contributed by atoms with van der Waals surface area (Å²) in [4.78, 5) is 23.7. The van der Waals surface area contributed by atoms with Gasteiger partial charge in [0.05, 0.1) is 28.8 Å². The van der Waals surface area contributed by atoms with Crippen LogP contribution in [-0.4, -0.2) is 29.2 Å². The molecule has 2 N–H and O–H groups in total. The number of hydrogen-bond acceptors (Lipinski definition) is 3. The molecule has 21 heavy (non-hydrogen) atoms. The van der Waals surface area contributed by atoms with Crippen LogP contribution >= 0.6 is 23.2 Å². The fraction of sp³-hybridized carbons (Fsp3) is 0.286. The van der Waals surface area contributed by atoms with Crippen molar-refractivity contribution in [1.82, 2.24) is 0 Å². The summed E-state index contributed by atoms with van der Waals surface area (Å²) in [7, 11) is 0. The molecular weight excluding hydrogens is 317 g/mol. The number of nitrogens with one attached hydrogen (secondary N) is 1. The van der Waals surface area contributed by atoms with Gasteiger partial charge in [0.15, 0.2) is 0 Å². The number of anilines is 1. The molecule has 4 atom stereocenters. The maximum Gasteiger partial charge on any atom is 0.310 e. The maximum absolute atomic E-state index is 12.4. The Morgan fingerprint density at radius 2 is 1.81 bits per heavy atom. The van der Waals surface area contributed by atoms with E-state index in [1.165, 1.54) is 6.07 Å². The number of hydrogen-bond donors (Lipinski definition) is 2. The topological polar surface area (TPSA) is 75.6 Å². The van der Waals surface area contributed by atoms with E-state index in [0.717, 1.165) is 0 Å². The van der Waals surface area contributed by atoms with E-state index in [0.29, 0.717) is 15.7 Å². The Labute approximate surface area is 130 Å². The lowest BCUT2D eigenvalue weighted by atomic mass is 9.82. The number of carboxylic acids is 1. The molecule has 0 aromatic heterocycles. The molecule has 0 spiro atoms. The molecule has 1 aromatic rings. The molecule has 3 rings (SSSR count). The van der Waals surface area contributed by atoms with E-state index in [1.807, 2.05) is 0 Å². The van der Waals surface area contributed by atoms with Gasteiger partial charge in [-0.15, -0.1) is 0 Å². The number of amides is 1. The van der Waals surface area contributed by atoms with Crippen LogP contribution in [0.2, 0.25) is 10.0 Å². The highest BCUT2D eigenvalue weighted by molar-refractivity contribution is 6.36. The summed E-state index contributed by atoms with van der Waals surface area (Å²) >= 11 is 11.8. The van der Waals surface area contributed by atoms with E-state index in [9.17, 15) is 14.7 Å². The second-order valence-electron chi connectivity index (χ2n) is 4.95. The fourth-order valence-corrected chi connectivity index (χ4v) is 3.18. The van der Waals surface area contributed by atoms with Crippen molar-refractivity contribution >= 4 is 40.8 Å². The minimum absolute atomic E-state index is 0.294. The smallest absolute Gasteiger partial charge is 0.310 e. The second kappa shape index (κ2) is 5.33. The lowest BCUT2D eigenvalue weighted by molar-refractivity contribution is -0.145. The molecule has 4 unspecified atom stereocenters. The molecule has 2 aliphatic heterocycles. The van der Waals surface area contributed by atoms with Gasteiger partial charge in [0.1, 0.15) is 5.92 Å². The van der Waals surface area contributed by atoms with E-state index < -0.39 is 35.9 Å². The third-order valence-electron chi connectivity index (χ3n) is 3.68. The molecule has 2 heterocycles. The Balaban J connectivity index is 1.82. The highest BCUT2D eigenvalue weighted by Gasteiger charge is 2.53. The zero-order valence-electron chi connectivity index (χ0n) is 10.6. The average molecular weight is 328 g/mol. The first-order valence-electron chi connectivity index (χ1n) is 6.30. The predicted octanol–water partition coefficient (Wildman–Crippen LogP) is 2.59. The van der Waals surface area contributed by atoms with Crippen LogP contribution in [-0.2, 0) is 14.3 Å². The molecule has 1 fully saturated rings. The Bertz CT molecular complexity index is 646. The Morgan fingerprint density at radius 1 is 1.14 bits per heavy atom. The van der Waals surface area contributed by atoms with Gasteiger partial charge in [-0.2, -0.15) is 0 Å². The quantitative estimate of drug-likeness (QED) is 0.836. The molecule has 5 nitrogen and oxygen atoms in total. The summed E-state index contributed by atoms with van der Waals surface area (Å²) in [6.07, 6.45) is 2.34. The molecule has 0 saturated carbocycles. The van der Waals surface area contributed by atoms with Gasteiger partial charge in [0.25, 0.3) is 0 Å². The Hall–Kier alpha value is -1.56. The van der Waals surface area contributed by atoms with Gasteiger partial charge in [-0.05, 0) is 18.2 Å². The van der Waals surface area contributed by atoms with Gasteiger partial charge in [-0.25, -0.2) is 0 Å². The van der Waals surface area contributed by atoms with Gasteiger partial charge in [-0.1, -0.05) is 35.4 Å². The number of ether oxygens (including phenoxy) is 1. The lowest BCUT2D eigenvalue weighted by Crippen LogP contribution is -2.39. The molecule has 1 saturated heterocycles. The number of carboxylic acid groups (broad SMARTS) is 1. The average Bonchev–Trinajstić information content (AvgIpc) is 3.02. The van der Waals surface area contributed by atoms with Crippen molar-refractivity contribution in [2.75, 3.05) is 5.32 Å². The SMILES string of the molecule is O=C(O)C1C2C=CC(O2)C1C(=O)Nc1ccc(Cl)cc1Cl. The summed E-state index contributed by atoms with van der Waals surface area (Å²) in [6, 6.07) is 4.67. The van der Waals surface area contributed by atoms with Gasteiger partial charge in [0.2, 0.25) is 5.91 Å². The monoisotopic (exact) mass is 327 g/mol. The summed E-state index contributed by atoms with van der Waals surface area (Å²) in [5, 5.41) is 12.7. The van der Waals surface area contributed by atoms with E-state index in [4.69, 9.17) is 27.9 Å². The van der Waals surface area contributed by atoms with E-state index >= 15 is 0 Å². The van der Waals surface area contributed by atoms with E-state index in [1.54, 1.807) is 24.3 Å². The molecule has 2 aliphatic rings. The molecule has 0 aliphatic carbocycles. The van der Waals surface area contributed by atoms with Crippen molar-refractivity contribution in [1.29, 1.82) is 0 Å². The van der Waals surface area contributed by atoms with Gasteiger partial charge in [-0.3, -0.25) is 9.59 Å². The Morgan fingerprint density at radius 3 is 2.43 bits per heavy atom. The number of aliphatic carboxylic acids is 1. The molecule has 1 amide bonds. The number of carbonyl (C=O) groups is 2. The minimum Gasteiger partial charge on any atom is -0.481 e. The normalized spacial score (nSPS) is 29.6. The van der Waals surface area contributed by atoms with Crippen molar-refractivity contribution in [2.45, 2.75) is 12.2 Å². The van der Waals surface area contributed by atoms with Crippen LogP contribution in [0.1, 0.15) is 0 Å². The number of halogens is 2. The highest BCUT2D eigenvalue weighted by Crippen LogP contribution is 2.40. The first-order chi connectivity index (χ1) is 9.97. The van der Waals surface area contributed by atoms with Crippen LogP contribution < -0.4 is 5.32 Å². The van der Waals surface area contributed by atoms with Crippen molar-refractivity contribution < 1.29 is 19.4 Å². The Kier molecular flexibility index (Phi) is 3.65. The zero-order chi connectivity index (χ0) is 15.1. The zero-order valence-corrected chi connectivity index (χ0v) is 12.1. The van der Waals surface area contributed by atoms with Crippen LogP contribution in [0.25, 0.3) is 0 Å². The number of benzene rings is 1. The number of rotatable bonds is 3. The van der Waals surface area contributed by atoms with Gasteiger partial charge < -0.3 is 15.2 Å². The molecule has 110 valence electrons. The molecule has 7 heteroatoms. The third kappa shape index (κ3) is 2.52. The summed E-state index contributed by atoms with van der Waals surface area (Å²) in [5.74, 6) is -3.13. The first kappa shape index (κ1) is 14.4. The van der Waals surface area contributed by atoms with E-state index in [-0.39, 0.29) is 0 Å². The lowest BCUT2D eigenvalue weighted by Gasteiger charge is -2.21. The third-order valence-corrected chi connectivity index (χ3v) is 4.22.